The van der Waals surface area contributed by atoms with Gasteiger partial charge in [-0.1, -0.05) is 20.8 Å². The third-order valence-corrected chi connectivity index (χ3v) is 8.62. The molecule has 1 aliphatic rings. The molecular weight excluding hydrogens is 462 g/mol. The van der Waals surface area contributed by atoms with Gasteiger partial charge in [0.05, 0.1) is 20.8 Å². The highest BCUT2D eigenvalue weighted by atomic mass is 32.2. The van der Waals surface area contributed by atoms with E-state index in [1.807, 2.05) is 6.07 Å². The molecule has 1 saturated heterocycles. The van der Waals surface area contributed by atoms with Crippen molar-refractivity contribution in [3.63, 3.8) is 0 Å². The van der Waals surface area contributed by atoms with Crippen LogP contribution in [0.25, 0.3) is 11.0 Å². The minimum Gasteiger partial charge on any atom is -0.381 e. The summed E-state index contributed by atoms with van der Waals surface area (Å²) in [5.41, 5.74) is 1.30. The first-order valence-corrected chi connectivity index (χ1v) is 14.2. The van der Waals surface area contributed by atoms with Gasteiger partial charge in [-0.15, -0.1) is 0 Å². The summed E-state index contributed by atoms with van der Waals surface area (Å²) >= 11 is 0. The molecule has 0 spiro atoms. The van der Waals surface area contributed by atoms with Crippen LogP contribution in [0.15, 0.2) is 51.3 Å². The first kappa shape index (κ1) is 23.8. The van der Waals surface area contributed by atoms with Gasteiger partial charge in [-0.2, -0.15) is 0 Å². The monoisotopic (exact) mass is 491 g/mol. The van der Waals surface area contributed by atoms with Crippen molar-refractivity contribution in [1.82, 2.24) is 14.5 Å². The van der Waals surface area contributed by atoms with E-state index in [-0.39, 0.29) is 20.2 Å². The van der Waals surface area contributed by atoms with E-state index < -0.39 is 19.7 Å². The van der Waals surface area contributed by atoms with Crippen LogP contribution in [0.4, 0.5) is 0 Å². The highest BCUT2D eigenvalue weighted by Crippen LogP contribution is 2.31. The fraction of sp³-hybridized carbons (Fsp3) is 0.478. The standard InChI is InChI=1S/C23H29N3O5S2/c1-23(2,3)22-25-19-13-17(5-7-20(19)26(22)15-16-9-11-31-12-10-16)33(29,30)18-6-8-21(24-14-18)32(4,27)28/h5-8,13-14,16H,9-12,15H2,1-4H3. The van der Waals surface area contributed by atoms with Crippen LogP contribution in [0.3, 0.4) is 0 Å². The number of benzene rings is 1. The van der Waals surface area contributed by atoms with Crippen LogP contribution in [-0.2, 0) is 36.4 Å². The Morgan fingerprint density at radius 2 is 1.70 bits per heavy atom. The summed E-state index contributed by atoms with van der Waals surface area (Å²) in [6.07, 6.45) is 4.10. The predicted molar refractivity (Wildman–Crippen MR) is 125 cm³/mol. The Labute approximate surface area is 194 Å². The van der Waals surface area contributed by atoms with Crippen LogP contribution in [0.1, 0.15) is 39.4 Å². The van der Waals surface area contributed by atoms with Crippen LogP contribution < -0.4 is 0 Å². The molecule has 1 aliphatic heterocycles. The molecule has 4 rings (SSSR count). The summed E-state index contributed by atoms with van der Waals surface area (Å²) in [5, 5.41) is -0.168. The minimum absolute atomic E-state index is 0.0630. The van der Waals surface area contributed by atoms with Gasteiger partial charge in [-0.05, 0) is 49.1 Å². The average molecular weight is 492 g/mol. The van der Waals surface area contributed by atoms with Crippen molar-refractivity contribution >= 4 is 30.7 Å². The molecule has 3 heterocycles. The molecule has 33 heavy (non-hydrogen) atoms. The van der Waals surface area contributed by atoms with Crippen molar-refractivity contribution in [2.24, 2.45) is 5.92 Å². The van der Waals surface area contributed by atoms with Gasteiger partial charge in [0.2, 0.25) is 9.84 Å². The van der Waals surface area contributed by atoms with Crippen LogP contribution in [-0.4, -0.2) is 50.8 Å². The summed E-state index contributed by atoms with van der Waals surface area (Å²) in [5.74, 6) is 1.40. The number of sulfone groups is 2. The molecule has 3 aromatic rings. The quantitative estimate of drug-likeness (QED) is 0.538. The van der Waals surface area contributed by atoms with Crippen molar-refractivity contribution in [3.8, 4) is 0 Å². The topological polar surface area (TPSA) is 108 Å². The molecule has 1 aromatic carbocycles. The van der Waals surface area contributed by atoms with Gasteiger partial charge in [0.15, 0.2) is 14.9 Å². The number of rotatable bonds is 5. The molecular formula is C23H29N3O5S2. The Morgan fingerprint density at radius 3 is 2.27 bits per heavy atom. The average Bonchev–Trinajstić information content (AvgIpc) is 3.12. The van der Waals surface area contributed by atoms with Gasteiger partial charge in [0.1, 0.15) is 5.82 Å². The maximum absolute atomic E-state index is 13.2. The van der Waals surface area contributed by atoms with E-state index in [9.17, 15) is 16.8 Å². The molecule has 0 bridgehead atoms. The summed E-state index contributed by atoms with van der Waals surface area (Å²) in [4.78, 5) is 8.69. The fourth-order valence-electron chi connectivity index (χ4n) is 4.10. The number of nitrogens with zero attached hydrogens (tertiary/aromatic N) is 3. The Balaban J connectivity index is 1.76. The number of ether oxygens (including phenoxy) is 1. The number of hydrogen-bond acceptors (Lipinski definition) is 7. The minimum atomic E-state index is -3.88. The van der Waals surface area contributed by atoms with Gasteiger partial charge in [-0.3, -0.25) is 0 Å². The van der Waals surface area contributed by atoms with E-state index >= 15 is 0 Å². The molecule has 0 saturated carbocycles. The van der Waals surface area contributed by atoms with Crippen LogP contribution >= 0.6 is 0 Å². The Morgan fingerprint density at radius 1 is 1.03 bits per heavy atom. The zero-order valence-corrected chi connectivity index (χ0v) is 20.9. The van der Waals surface area contributed by atoms with Crippen LogP contribution in [0, 0.1) is 5.92 Å². The number of pyridine rings is 1. The maximum Gasteiger partial charge on any atom is 0.208 e. The van der Waals surface area contributed by atoms with Crippen molar-refractivity contribution in [3.05, 3.63) is 42.4 Å². The van der Waals surface area contributed by atoms with Crippen molar-refractivity contribution in [2.75, 3.05) is 19.5 Å². The molecule has 1 fully saturated rings. The smallest absolute Gasteiger partial charge is 0.208 e. The molecule has 8 nitrogen and oxygen atoms in total. The van der Waals surface area contributed by atoms with E-state index in [4.69, 9.17) is 9.72 Å². The summed E-state index contributed by atoms with van der Waals surface area (Å²) < 4.78 is 57.4. The third kappa shape index (κ3) is 4.83. The Bertz CT molecular complexity index is 1380. The lowest BCUT2D eigenvalue weighted by atomic mass is 9.94. The van der Waals surface area contributed by atoms with E-state index in [2.05, 4.69) is 30.3 Å². The number of aromatic nitrogens is 3. The second-order valence-electron chi connectivity index (χ2n) is 9.61. The summed E-state index contributed by atoms with van der Waals surface area (Å²) in [6, 6.07) is 7.46. The normalized spacial score (nSPS) is 16.4. The molecule has 10 heteroatoms. The van der Waals surface area contributed by atoms with Crippen LogP contribution in [0.2, 0.25) is 0 Å². The summed E-state index contributed by atoms with van der Waals surface area (Å²) in [7, 11) is -7.40. The molecule has 0 atom stereocenters. The van der Waals surface area contributed by atoms with Gasteiger partial charge in [0, 0.05) is 37.6 Å². The largest absolute Gasteiger partial charge is 0.381 e. The lowest BCUT2D eigenvalue weighted by Crippen LogP contribution is -2.25. The Hall–Kier alpha value is -2.30. The van der Waals surface area contributed by atoms with Crippen molar-refractivity contribution in [1.29, 1.82) is 0 Å². The molecule has 0 amide bonds. The molecule has 0 radical (unpaired) electrons. The number of hydrogen-bond donors (Lipinski definition) is 0. The highest BCUT2D eigenvalue weighted by Gasteiger charge is 2.27. The first-order valence-electron chi connectivity index (χ1n) is 10.9. The predicted octanol–water partition coefficient (Wildman–Crippen LogP) is 3.39. The Kier molecular flexibility index (Phi) is 6.13. The first-order chi connectivity index (χ1) is 15.4. The zero-order valence-electron chi connectivity index (χ0n) is 19.3. The molecule has 0 N–H and O–H groups in total. The number of imidazole rings is 1. The zero-order chi connectivity index (χ0) is 24.0. The molecule has 2 aromatic heterocycles. The third-order valence-electron chi connectivity index (χ3n) is 5.88. The van der Waals surface area contributed by atoms with Crippen molar-refractivity contribution in [2.45, 2.75) is 60.4 Å². The van der Waals surface area contributed by atoms with Crippen LogP contribution in [0.5, 0.6) is 0 Å². The van der Waals surface area contributed by atoms with Gasteiger partial charge in [-0.25, -0.2) is 26.8 Å². The highest BCUT2D eigenvalue weighted by molar-refractivity contribution is 7.91. The van der Waals surface area contributed by atoms with Gasteiger partial charge < -0.3 is 9.30 Å². The van der Waals surface area contributed by atoms with E-state index in [0.717, 1.165) is 56.4 Å². The second-order valence-corrected chi connectivity index (χ2v) is 13.5. The number of fused-ring (bicyclic) bond motifs is 1. The molecule has 0 aliphatic carbocycles. The molecule has 178 valence electrons. The lowest BCUT2D eigenvalue weighted by molar-refractivity contribution is 0.0611. The lowest BCUT2D eigenvalue weighted by Gasteiger charge is -2.26. The van der Waals surface area contributed by atoms with E-state index in [0.29, 0.717) is 11.4 Å². The van der Waals surface area contributed by atoms with Gasteiger partial charge in [0.25, 0.3) is 0 Å². The fourth-order valence-corrected chi connectivity index (χ4v) is 5.89. The SMILES string of the molecule is CC(C)(C)c1nc2cc(S(=O)(=O)c3ccc(S(C)(=O)=O)nc3)ccc2n1CC1CCOCC1. The van der Waals surface area contributed by atoms with Gasteiger partial charge >= 0.3 is 0 Å². The maximum atomic E-state index is 13.2. The molecule has 0 unspecified atom stereocenters. The second kappa shape index (κ2) is 8.48. The van der Waals surface area contributed by atoms with Crippen molar-refractivity contribution < 1.29 is 21.6 Å². The summed E-state index contributed by atoms with van der Waals surface area (Å²) in [6.45, 7) is 8.63. The van der Waals surface area contributed by atoms with E-state index in [1.54, 1.807) is 12.1 Å². The van der Waals surface area contributed by atoms with E-state index in [1.165, 1.54) is 12.1 Å².